The first-order valence-electron chi connectivity index (χ1n) is 7.27. The molecule has 0 bridgehead atoms. The number of hydrogen-bond acceptors (Lipinski definition) is 3. The summed E-state index contributed by atoms with van der Waals surface area (Å²) >= 11 is 0. The van der Waals surface area contributed by atoms with Gasteiger partial charge in [-0.2, -0.15) is 0 Å². The summed E-state index contributed by atoms with van der Waals surface area (Å²) < 4.78 is 0. The number of aryl methyl sites for hydroxylation is 1. The molecule has 0 saturated carbocycles. The fourth-order valence-corrected chi connectivity index (χ4v) is 1.94. The first-order chi connectivity index (χ1) is 9.47. The van der Waals surface area contributed by atoms with Crippen molar-refractivity contribution >= 4 is 11.6 Å². The molecule has 3 N–H and O–H groups in total. The van der Waals surface area contributed by atoms with Gasteiger partial charge in [-0.3, -0.25) is 9.69 Å². The number of hydrogen-bond donors (Lipinski definition) is 2. The van der Waals surface area contributed by atoms with Crippen LogP contribution in [-0.2, 0) is 11.2 Å². The number of likely N-dealkylation sites (N-methyl/N-ethyl adjacent to an activating group) is 1. The Morgan fingerprint density at radius 3 is 2.55 bits per heavy atom. The van der Waals surface area contributed by atoms with Gasteiger partial charge in [0.15, 0.2) is 0 Å². The molecule has 0 radical (unpaired) electrons. The van der Waals surface area contributed by atoms with Crippen LogP contribution in [0.3, 0.4) is 0 Å². The third-order valence-electron chi connectivity index (χ3n) is 3.11. The summed E-state index contributed by atoms with van der Waals surface area (Å²) in [7, 11) is 1.98. The van der Waals surface area contributed by atoms with E-state index in [2.05, 4.69) is 36.2 Å². The molecule has 1 aromatic rings. The van der Waals surface area contributed by atoms with Gasteiger partial charge < -0.3 is 11.1 Å². The number of nitrogen functional groups attached to an aromatic ring is 1. The lowest BCUT2D eigenvalue weighted by atomic mass is 10.1. The summed E-state index contributed by atoms with van der Waals surface area (Å²) in [6.45, 7) is 6.32. The Balaban J connectivity index is 2.18. The van der Waals surface area contributed by atoms with E-state index in [-0.39, 0.29) is 5.91 Å². The van der Waals surface area contributed by atoms with Crippen LogP contribution in [0.4, 0.5) is 5.69 Å². The van der Waals surface area contributed by atoms with E-state index < -0.39 is 0 Å². The van der Waals surface area contributed by atoms with Gasteiger partial charge in [-0.15, -0.1) is 0 Å². The van der Waals surface area contributed by atoms with E-state index in [0.29, 0.717) is 12.5 Å². The van der Waals surface area contributed by atoms with E-state index in [1.165, 1.54) is 5.56 Å². The summed E-state index contributed by atoms with van der Waals surface area (Å²) in [6, 6.07) is 7.98. The monoisotopic (exact) mass is 277 g/mol. The van der Waals surface area contributed by atoms with Crippen LogP contribution in [0.15, 0.2) is 24.3 Å². The number of nitrogens with one attached hydrogen (secondary N) is 1. The van der Waals surface area contributed by atoms with Gasteiger partial charge in [-0.1, -0.05) is 26.0 Å². The van der Waals surface area contributed by atoms with Crippen LogP contribution in [0.1, 0.15) is 25.8 Å². The van der Waals surface area contributed by atoms with Crippen LogP contribution in [0, 0.1) is 5.92 Å². The molecule has 1 amide bonds. The van der Waals surface area contributed by atoms with Crippen LogP contribution in [0.5, 0.6) is 0 Å². The topological polar surface area (TPSA) is 58.4 Å². The predicted molar refractivity (Wildman–Crippen MR) is 84.5 cm³/mol. The average Bonchev–Trinajstić information content (AvgIpc) is 2.38. The van der Waals surface area contributed by atoms with E-state index in [1.807, 2.05) is 19.2 Å². The van der Waals surface area contributed by atoms with Crippen LogP contribution in [-0.4, -0.2) is 37.5 Å². The Labute approximate surface area is 122 Å². The molecular weight excluding hydrogens is 250 g/mol. The Hall–Kier alpha value is -1.55. The first-order valence-corrected chi connectivity index (χ1v) is 7.27. The number of nitrogens with two attached hydrogens (primary N) is 1. The Morgan fingerprint density at radius 1 is 1.30 bits per heavy atom. The molecule has 0 atom stereocenters. The van der Waals surface area contributed by atoms with Crippen molar-refractivity contribution in [2.45, 2.75) is 26.7 Å². The normalized spacial score (nSPS) is 11.1. The van der Waals surface area contributed by atoms with Crippen molar-refractivity contribution in [2.75, 3.05) is 32.4 Å². The van der Waals surface area contributed by atoms with Crippen molar-refractivity contribution in [3.63, 3.8) is 0 Å². The number of anilines is 1. The van der Waals surface area contributed by atoms with Crippen LogP contribution in [0.2, 0.25) is 0 Å². The predicted octanol–water partition coefficient (Wildman–Crippen LogP) is 1.91. The largest absolute Gasteiger partial charge is 0.399 e. The maximum Gasteiger partial charge on any atom is 0.234 e. The standard InChI is InChI=1S/C16H27N3O/c1-13(2)11-18-16(20)12-19(3)10-4-5-14-6-8-15(17)9-7-14/h6-9,13H,4-5,10-12,17H2,1-3H3,(H,18,20). The molecule has 0 saturated heterocycles. The zero-order chi connectivity index (χ0) is 15.0. The molecule has 0 aliphatic rings. The molecule has 0 aliphatic carbocycles. The van der Waals surface area contributed by atoms with Crippen LogP contribution < -0.4 is 11.1 Å². The van der Waals surface area contributed by atoms with Crippen molar-refractivity contribution in [1.82, 2.24) is 10.2 Å². The van der Waals surface area contributed by atoms with Crippen molar-refractivity contribution in [1.29, 1.82) is 0 Å². The number of rotatable bonds is 8. The van der Waals surface area contributed by atoms with Gasteiger partial charge in [0, 0.05) is 12.2 Å². The summed E-state index contributed by atoms with van der Waals surface area (Å²) in [5.74, 6) is 0.600. The van der Waals surface area contributed by atoms with Crippen molar-refractivity contribution in [2.24, 2.45) is 5.92 Å². The minimum Gasteiger partial charge on any atom is -0.399 e. The minimum absolute atomic E-state index is 0.105. The van der Waals surface area contributed by atoms with E-state index >= 15 is 0 Å². The smallest absolute Gasteiger partial charge is 0.234 e. The highest BCUT2D eigenvalue weighted by Crippen LogP contribution is 2.07. The third-order valence-corrected chi connectivity index (χ3v) is 3.11. The number of carbonyl (C=O) groups excluding carboxylic acids is 1. The first kappa shape index (κ1) is 16.5. The second-order valence-corrected chi connectivity index (χ2v) is 5.78. The highest BCUT2D eigenvalue weighted by molar-refractivity contribution is 5.77. The van der Waals surface area contributed by atoms with Crippen LogP contribution in [0.25, 0.3) is 0 Å². The summed E-state index contributed by atoms with van der Waals surface area (Å²) in [6.07, 6.45) is 2.05. The third kappa shape index (κ3) is 7.14. The molecule has 4 heteroatoms. The number of carbonyl (C=O) groups is 1. The molecule has 0 aromatic heterocycles. The maximum absolute atomic E-state index is 11.7. The van der Waals surface area contributed by atoms with Crippen molar-refractivity contribution in [3.05, 3.63) is 29.8 Å². The minimum atomic E-state index is 0.105. The average molecular weight is 277 g/mol. The molecule has 0 heterocycles. The van der Waals surface area contributed by atoms with E-state index in [9.17, 15) is 4.79 Å². The van der Waals surface area contributed by atoms with Gasteiger partial charge in [0.05, 0.1) is 6.54 Å². The van der Waals surface area contributed by atoms with Crippen LogP contribution >= 0.6 is 0 Å². The molecule has 0 spiro atoms. The molecule has 20 heavy (non-hydrogen) atoms. The second-order valence-electron chi connectivity index (χ2n) is 5.78. The molecule has 0 aliphatic heterocycles. The van der Waals surface area contributed by atoms with E-state index in [1.54, 1.807) is 0 Å². The van der Waals surface area contributed by atoms with Gasteiger partial charge in [0.25, 0.3) is 0 Å². The molecule has 0 fully saturated rings. The van der Waals surface area contributed by atoms with Gasteiger partial charge in [0.1, 0.15) is 0 Å². The number of amides is 1. The van der Waals surface area contributed by atoms with Gasteiger partial charge in [-0.05, 0) is 50.0 Å². The second kappa shape index (κ2) is 8.59. The van der Waals surface area contributed by atoms with Crippen molar-refractivity contribution < 1.29 is 4.79 Å². The van der Waals surface area contributed by atoms with Gasteiger partial charge in [0.2, 0.25) is 5.91 Å². The molecule has 112 valence electrons. The molecular formula is C16H27N3O. The number of nitrogens with zero attached hydrogens (tertiary/aromatic N) is 1. The Bertz CT molecular complexity index is 401. The van der Waals surface area contributed by atoms with Gasteiger partial charge >= 0.3 is 0 Å². The quantitative estimate of drug-likeness (QED) is 0.714. The zero-order valence-electron chi connectivity index (χ0n) is 12.9. The maximum atomic E-state index is 11.7. The summed E-state index contributed by atoms with van der Waals surface area (Å²) in [4.78, 5) is 13.7. The molecule has 1 rings (SSSR count). The summed E-state index contributed by atoms with van der Waals surface area (Å²) in [5.41, 5.74) is 7.74. The number of benzene rings is 1. The molecule has 1 aromatic carbocycles. The van der Waals surface area contributed by atoms with Crippen molar-refractivity contribution in [3.8, 4) is 0 Å². The SMILES string of the molecule is CC(C)CNC(=O)CN(C)CCCc1ccc(N)cc1. The van der Waals surface area contributed by atoms with Gasteiger partial charge in [-0.25, -0.2) is 0 Å². The molecule has 4 nitrogen and oxygen atoms in total. The highest BCUT2D eigenvalue weighted by atomic mass is 16.2. The zero-order valence-corrected chi connectivity index (χ0v) is 12.9. The van der Waals surface area contributed by atoms with E-state index in [0.717, 1.165) is 31.6 Å². The highest BCUT2D eigenvalue weighted by Gasteiger charge is 2.06. The summed E-state index contributed by atoms with van der Waals surface area (Å²) in [5, 5.41) is 2.93. The Kier molecular flexibility index (Phi) is 7.09. The lowest BCUT2D eigenvalue weighted by Gasteiger charge is -2.16. The fraction of sp³-hybridized carbons (Fsp3) is 0.562. The lowest BCUT2D eigenvalue weighted by Crippen LogP contribution is -2.37. The molecule has 0 unspecified atom stereocenters. The fourth-order valence-electron chi connectivity index (χ4n) is 1.94. The lowest BCUT2D eigenvalue weighted by molar-refractivity contribution is -0.122. The Morgan fingerprint density at radius 2 is 1.95 bits per heavy atom. The van der Waals surface area contributed by atoms with E-state index in [4.69, 9.17) is 5.73 Å².